The number of rotatable bonds is 9. The third-order valence-electron chi connectivity index (χ3n) is 4.63. The zero-order valence-electron chi connectivity index (χ0n) is 15.4. The Hall–Kier alpha value is -1.64. The molecular weight excluding hydrogens is 354 g/mol. The van der Waals surface area contributed by atoms with Crippen LogP contribution >= 0.6 is 0 Å². The van der Waals surface area contributed by atoms with Gasteiger partial charge in [-0.05, 0) is 43.7 Å². The van der Waals surface area contributed by atoms with Gasteiger partial charge in [0.25, 0.3) is 0 Å². The van der Waals surface area contributed by atoms with Crippen LogP contribution in [0.25, 0.3) is 0 Å². The van der Waals surface area contributed by atoms with Crippen LogP contribution in [0.15, 0.2) is 29.2 Å². The summed E-state index contributed by atoms with van der Waals surface area (Å²) in [6, 6.07) is 6.37. The molecule has 0 unspecified atom stereocenters. The fourth-order valence-corrected chi connectivity index (χ4v) is 4.43. The summed E-state index contributed by atoms with van der Waals surface area (Å²) in [5.41, 5.74) is 5.46. The van der Waals surface area contributed by atoms with E-state index in [-0.39, 0.29) is 10.8 Å². The van der Waals surface area contributed by atoms with E-state index in [4.69, 9.17) is 10.5 Å². The number of nitrogens with two attached hydrogens (primary N) is 1. The van der Waals surface area contributed by atoms with E-state index in [9.17, 15) is 13.2 Å². The number of unbranched alkanes of at least 4 members (excludes halogenated alkanes) is 3. The SMILES string of the molecule is COc1ccc(S(=O)(=O)N2CCN(C(=O)CCCCCCN)CC2)cc1. The van der Waals surface area contributed by atoms with Crippen molar-refractivity contribution < 1.29 is 17.9 Å². The van der Waals surface area contributed by atoms with Gasteiger partial charge in [-0.25, -0.2) is 8.42 Å². The van der Waals surface area contributed by atoms with Crippen molar-refractivity contribution in [1.82, 2.24) is 9.21 Å². The molecule has 146 valence electrons. The highest BCUT2D eigenvalue weighted by Gasteiger charge is 2.29. The number of nitrogens with zero attached hydrogens (tertiary/aromatic N) is 2. The Morgan fingerprint density at radius 3 is 2.23 bits per heavy atom. The van der Waals surface area contributed by atoms with Crippen LogP contribution in [-0.4, -0.2) is 63.4 Å². The van der Waals surface area contributed by atoms with Gasteiger partial charge < -0.3 is 15.4 Å². The predicted octanol–water partition coefficient (Wildman–Crippen LogP) is 1.44. The van der Waals surface area contributed by atoms with E-state index in [0.29, 0.717) is 44.9 Å². The molecule has 1 aliphatic heterocycles. The topological polar surface area (TPSA) is 92.9 Å². The molecule has 0 spiro atoms. The van der Waals surface area contributed by atoms with Gasteiger partial charge in [0.1, 0.15) is 5.75 Å². The molecule has 1 aromatic carbocycles. The normalized spacial score (nSPS) is 15.8. The molecule has 2 N–H and O–H groups in total. The van der Waals surface area contributed by atoms with Gasteiger partial charge in [-0.2, -0.15) is 4.31 Å². The maximum atomic E-state index is 12.7. The lowest BCUT2D eigenvalue weighted by Gasteiger charge is -2.34. The first-order valence-electron chi connectivity index (χ1n) is 9.11. The Labute approximate surface area is 156 Å². The lowest BCUT2D eigenvalue weighted by molar-refractivity contribution is -0.132. The summed E-state index contributed by atoms with van der Waals surface area (Å²) in [6.07, 6.45) is 4.45. The summed E-state index contributed by atoms with van der Waals surface area (Å²) in [4.78, 5) is 14.3. The highest BCUT2D eigenvalue weighted by molar-refractivity contribution is 7.89. The number of sulfonamides is 1. The molecule has 0 aromatic heterocycles. The van der Waals surface area contributed by atoms with Crippen molar-refractivity contribution in [3.8, 4) is 5.75 Å². The maximum Gasteiger partial charge on any atom is 0.243 e. The average molecular weight is 384 g/mol. The third-order valence-corrected chi connectivity index (χ3v) is 6.55. The molecule has 1 amide bonds. The van der Waals surface area contributed by atoms with Gasteiger partial charge in [0, 0.05) is 32.6 Å². The number of methoxy groups -OCH3 is 1. The number of amides is 1. The van der Waals surface area contributed by atoms with Crippen molar-refractivity contribution in [2.24, 2.45) is 5.73 Å². The Balaban J connectivity index is 1.83. The first kappa shape index (κ1) is 20.7. The molecule has 0 atom stereocenters. The summed E-state index contributed by atoms with van der Waals surface area (Å²) in [7, 11) is -2.00. The minimum absolute atomic E-state index is 0.110. The Morgan fingerprint density at radius 2 is 1.65 bits per heavy atom. The van der Waals surface area contributed by atoms with E-state index in [2.05, 4.69) is 0 Å². The van der Waals surface area contributed by atoms with Gasteiger partial charge >= 0.3 is 0 Å². The predicted molar refractivity (Wildman–Crippen MR) is 100 cm³/mol. The smallest absolute Gasteiger partial charge is 0.243 e. The molecule has 0 radical (unpaired) electrons. The largest absolute Gasteiger partial charge is 0.497 e. The minimum Gasteiger partial charge on any atom is -0.497 e. The van der Waals surface area contributed by atoms with Crippen molar-refractivity contribution in [3.63, 3.8) is 0 Å². The molecule has 1 aromatic rings. The van der Waals surface area contributed by atoms with Crippen LogP contribution in [0.4, 0.5) is 0 Å². The Bertz CT molecular complexity index is 668. The number of carbonyl (C=O) groups excluding carboxylic acids is 1. The monoisotopic (exact) mass is 383 g/mol. The van der Waals surface area contributed by atoms with Crippen molar-refractivity contribution in [2.45, 2.75) is 37.0 Å². The van der Waals surface area contributed by atoms with Gasteiger partial charge in [0.05, 0.1) is 12.0 Å². The number of hydrogen-bond donors (Lipinski definition) is 1. The van der Waals surface area contributed by atoms with Crippen molar-refractivity contribution >= 4 is 15.9 Å². The standard InChI is InChI=1S/C18H29N3O4S/c1-25-16-7-9-17(10-8-16)26(23,24)21-14-12-20(13-15-21)18(22)6-4-2-3-5-11-19/h7-10H,2-6,11-15,19H2,1H3. The Morgan fingerprint density at radius 1 is 1.04 bits per heavy atom. The number of piperazine rings is 1. The average Bonchev–Trinajstić information content (AvgIpc) is 2.67. The van der Waals surface area contributed by atoms with E-state index in [1.165, 1.54) is 11.4 Å². The molecule has 0 saturated carbocycles. The number of carbonyl (C=O) groups is 1. The molecule has 7 nitrogen and oxygen atoms in total. The summed E-state index contributed by atoms with van der Waals surface area (Å²) in [6.45, 7) is 2.23. The molecule has 1 saturated heterocycles. The van der Waals surface area contributed by atoms with Crippen LogP contribution in [0.5, 0.6) is 5.75 Å². The van der Waals surface area contributed by atoms with Gasteiger partial charge in [-0.15, -0.1) is 0 Å². The van der Waals surface area contributed by atoms with Crippen molar-refractivity contribution in [3.05, 3.63) is 24.3 Å². The lowest BCUT2D eigenvalue weighted by atomic mass is 10.1. The fraction of sp³-hybridized carbons (Fsp3) is 0.611. The second kappa shape index (κ2) is 9.89. The number of hydrogen-bond acceptors (Lipinski definition) is 5. The van der Waals surface area contributed by atoms with Crippen LogP contribution < -0.4 is 10.5 Å². The fourth-order valence-electron chi connectivity index (χ4n) is 3.01. The van der Waals surface area contributed by atoms with Crippen LogP contribution in [0, 0.1) is 0 Å². The molecule has 8 heteroatoms. The Kier molecular flexibility index (Phi) is 7.86. The van der Waals surface area contributed by atoms with Gasteiger partial charge in [-0.1, -0.05) is 12.8 Å². The highest BCUT2D eigenvalue weighted by atomic mass is 32.2. The zero-order valence-corrected chi connectivity index (χ0v) is 16.2. The number of ether oxygens (including phenoxy) is 1. The third kappa shape index (κ3) is 5.43. The first-order valence-corrected chi connectivity index (χ1v) is 10.5. The van der Waals surface area contributed by atoms with Gasteiger partial charge in [0.15, 0.2) is 0 Å². The van der Waals surface area contributed by atoms with Gasteiger partial charge in [0.2, 0.25) is 15.9 Å². The number of benzene rings is 1. The molecule has 26 heavy (non-hydrogen) atoms. The van der Waals surface area contributed by atoms with Gasteiger partial charge in [-0.3, -0.25) is 4.79 Å². The van der Waals surface area contributed by atoms with E-state index < -0.39 is 10.0 Å². The maximum absolute atomic E-state index is 12.7. The molecule has 0 bridgehead atoms. The lowest BCUT2D eigenvalue weighted by Crippen LogP contribution is -2.50. The molecule has 1 heterocycles. The van der Waals surface area contributed by atoms with E-state index >= 15 is 0 Å². The van der Waals surface area contributed by atoms with Crippen molar-refractivity contribution in [1.29, 1.82) is 0 Å². The highest BCUT2D eigenvalue weighted by Crippen LogP contribution is 2.21. The second-order valence-corrected chi connectivity index (χ2v) is 8.35. The summed E-state index contributed by atoms with van der Waals surface area (Å²) in [5, 5.41) is 0. The first-order chi connectivity index (χ1) is 12.5. The molecule has 1 fully saturated rings. The quantitative estimate of drug-likeness (QED) is 0.651. The van der Waals surface area contributed by atoms with Crippen molar-refractivity contribution in [2.75, 3.05) is 39.8 Å². The second-order valence-electron chi connectivity index (χ2n) is 6.41. The molecular formula is C18H29N3O4S. The van der Waals surface area contributed by atoms with E-state index in [1.54, 1.807) is 29.2 Å². The molecule has 1 aliphatic rings. The zero-order chi connectivity index (χ0) is 19.0. The minimum atomic E-state index is -3.54. The molecule has 0 aliphatic carbocycles. The van der Waals surface area contributed by atoms with Crippen LogP contribution in [0.1, 0.15) is 32.1 Å². The van der Waals surface area contributed by atoms with E-state index in [1.807, 2.05) is 0 Å². The van der Waals surface area contributed by atoms with Crippen LogP contribution in [0.3, 0.4) is 0 Å². The summed E-state index contributed by atoms with van der Waals surface area (Å²) < 4.78 is 31.9. The van der Waals surface area contributed by atoms with Crippen LogP contribution in [-0.2, 0) is 14.8 Å². The molecule has 2 rings (SSSR count). The van der Waals surface area contributed by atoms with E-state index in [0.717, 1.165) is 25.7 Å². The van der Waals surface area contributed by atoms with Crippen LogP contribution in [0.2, 0.25) is 0 Å². The summed E-state index contributed by atoms with van der Waals surface area (Å²) >= 11 is 0. The summed E-state index contributed by atoms with van der Waals surface area (Å²) in [5.74, 6) is 0.727.